The molecule has 1 fully saturated rings. The number of rotatable bonds is 4. The van der Waals surface area contributed by atoms with Crippen molar-refractivity contribution in [3.8, 4) is 0 Å². The van der Waals surface area contributed by atoms with Gasteiger partial charge in [-0.15, -0.1) is 0 Å². The van der Waals surface area contributed by atoms with Crippen LogP contribution >= 0.6 is 0 Å². The molecule has 0 unspecified atom stereocenters. The first-order valence-corrected chi connectivity index (χ1v) is 10.2. The minimum atomic E-state index is 0.0375. The van der Waals surface area contributed by atoms with Crippen molar-refractivity contribution in [2.45, 2.75) is 39.7 Å². The van der Waals surface area contributed by atoms with Crippen molar-refractivity contribution in [2.24, 2.45) is 5.92 Å². The summed E-state index contributed by atoms with van der Waals surface area (Å²) in [4.78, 5) is 20.3. The molecule has 0 amide bonds. The monoisotopic (exact) mass is 376 g/mol. The molecule has 28 heavy (non-hydrogen) atoms. The van der Waals surface area contributed by atoms with Gasteiger partial charge < -0.3 is 10.6 Å². The maximum absolute atomic E-state index is 13.1. The molecule has 1 saturated heterocycles. The fourth-order valence-corrected chi connectivity index (χ4v) is 4.28. The second-order valence-corrected chi connectivity index (χ2v) is 7.79. The zero-order chi connectivity index (χ0) is 19.7. The molecule has 2 heterocycles. The summed E-state index contributed by atoms with van der Waals surface area (Å²) in [5.74, 6) is 1.35. The van der Waals surface area contributed by atoms with E-state index in [2.05, 4.69) is 43.0 Å². The Morgan fingerprint density at radius 2 is 1.89 bits per heavy atom. The van der Waals surface area contributed by atoms with Crippen LogP contribution in [0.4, 0.5) is 11.4 Å². The van der Waals surface area contributed by atoms with E-state index in [1.807, 2.05) is 10.6 Å². The zero-order valence-corrected chi connectivity index (χ0v) is 16.7. The number of nitrogens with zero attached hydrogens (tertiary/aromatic N) is 3. The van der Waals surface area contributed by atoms with E-state index in [9.17, 15) is 4.79 Å². The van der Waals surface area contributed by atoms with Crippen LogP contribution in [0.2, 0.25) is 0 Å². The van der Waals surface area contributed by atoms with Gasteiger partial charge in [-0.25, -0.2) is 4.98 Å². The highest BCUT2D eigenvalue weighted by Gasteiger charge is 2.22. The van der Waals surface area contributed by atoms with Crippen LogP contribution in [-0.2, 0) is 13.0 Å². The summed E-state index contributed by atoms with van der Waals surface area (Å²) in [6.07, 6.45) is 2.91. The van der Waals surface area contributed by atoms with E-state index in [0.717, 1.165) is 50.2 Å². The lowest BCUT2D eigenvalue weighted by molar-refractivity contribution is 0.347. The van der Waals surface area contributed by atoms with Crippen LogP contribution in [0.1, 0.15) is 31.2 Å². The molecule has 4 rings (SSSR count). The van der Waals surface area contributed by atoms with E-state index >= 15 is 0 Å². The molecule has 1 aromatic heterocycles. The van der Waals surface area contributed by atoms with Crippen molar-refractivity contribution in [1.82, 2.24) is 9.55 Å². The molecule has 2 N–H and O–H groups in total. The summed E-state index contributed by atoms with van der Waals surface area (Å²) < 4.78 is 1.88. The summed E-state index contributed by atoms with van der Waals surface area (Å²) in [6, 6.07) is 14.0. The Morgan fingerprint density at radius 3 is 2.61 bits per heavy atom. The van der Waals surface area contributed by atoms with Gasteiger partial charge in [0, 0.05) is 37.4 Å². The number of nitrogens with two attached hydrogens (primary N) is 1. The van der Waals surface area contributed by atoms with Crippen molar-refractivity contribution >= 4 is 22.3 Å². The van der Waals surface area contributed by atoms with Gasteiger partial charge in [0.2, 0.25) is 0 Å². The maximum Gasteiger partial charge on any atom is 0.261 e. The quantitative estimate of drug-likeness (QED) is 0.704. The lowest BCUT2D eigenvalue weighted by atomic mass is 9.95. The van der Waals surface area contributed by atoms with Crippen LogP contribution < -0.4 is 16.2 Å². The fourth-order valence-electron chi connectivity index (χ4n) is 4.28. The summed E-state index contributed by atoms with van der Waals surface area (Å²) in [5, 5.41) is 0.620. The van der Waals surface area contributed by atoms with Crippen molar-refractivity contribution in [3.05, 3.63) is 64.2 Å². The molecule has 3 aromatic rings. The predicted molar refractivity (Wildman–Crippen MR) is 116 cm³/mol. The van der Waals surface area contributed by atoms with Gasteiger partial charge in [-0.2, -0.15) is 0 Å². The minimum Gasteiger partial charge on any atom is -0.399 e. The van der Waals surface area contributed by atoms with Gasteiger partial charge in [-0.3, -0.25) is 9.36 Å². The van der Waals surface area contributed by atoms with Crippen LogP contribution in [0.3, 0.4) is 0 Å². The number of aryl methyl sites for hydroxylation is 2. The third-order valence-electron chi connectivity index (χ3n) is 5.88. The number of anilines is 2. The molecule has 146 valence electrons. The first-order valence-electron chi connectivity index (χ1n) is 10.2. The number of hydrogen-bond donors (Lipinski definition) is 1. The first kappa shape index (κ1) is 18.5. The second kappa shape index (κ2) is 7.66. The molecule has 0 spiro atoms. The standard InChI is InChI=1S/C23H28N4O/c1-3-22-25-20-9-8-18(24)14-19(20)23(28)27(22)15-17-10-12-26(13-11-17)21-7-5-4-6-16(21)2/h4-9,14,17H,3,10-13,15,24H2,1-2H3. The van der Waals surface area contributed by atoms with Crippen molar-refractivity contribution in [3.63, 3.8) is 0 Å². The van der Waals surface area contributed by atoms with E-state index in [0.29, 0.717) is 17.0 Å². The van der Waals surface area contributed by atoms with E-state index < -0.39 is 0 Å². The molecule has 0 saturated carbocycles. The second-order valence-electron chi connectivity index (χ2n) is 7.79. The van der Waals surface area contributed by atoms with Gasteiger partial charge >= 0.3 is 0 Å². The third-order valence-corrected chi connectivity index (χ3v) is 5.88. The normalized spacial score (nSPS) is 15.3. The van der Waals surface area contributed by atoms with Crippen LogP contribution in [0, 0.1) is 12.8 Å². The van der Waals surface area contributed by atoms with Crippen LogP contribution in [0.25, 0.3) is 10.9 Å². The number of hydrogen-bond acceptors (Lipinski definition) is 4. The molecule has 2 aromatic carbocycles. The van der Waals surface area contributed by atoms with Gasteiger partial charge in [0.15, 0.2) is 0 Å². The lowest BCUT2D eigenvalue weighted by Gasteiger charge is -2.35. The highest BCUT2D eigenvalue weighted by molar-refractivity contribution is 5.81. The van der Waals surface area contributed by atoms with Crippen molar-refractivity contribution < 1.29 is 0 Å². The summed E-state index contributed by atoms with van der Waals surface area (Å²) >= 11 is 0. The molecule has 1 aliphatic rings. The van der Waals surface area contributed by atoms with Crippen LogP contribution in [-0.4, -0.2) is 22.6 Å². The van der Waals surface area contributed by atoms with Crippen LogP contribution in [0.5, 0.6) is 0 Å². The molecule has 5 nitrogen and oxygen atoms in total. The minimum absolute atomic E-state index is 0.0375. The fraction of sp³-hybridized carbons (Fsp3) is 0.391. The van der Waals surface area contributed by atoms with E-state index in [1.165, 1.54) is 11.3 Å². The first-order chi connectivity index (χ1) is 13.6. The number of nitrogen functional groups attached to an aromatic ring is 1. The lowest BCUT2D eigenvalue weighted by Crippen LogP contribution is -2.37. The Hall–Kier alpha value is -2.82. The smallest absolute Gasteiger partial charge is 0.261 e. The van der Waals surface area contributed by atoms with E-state index in [4.69, 9.17) is 10.7 Å². The molecule has 0 atom stereocenters. The average molecular weight is 377 g/mol. The third kappa shape index (κ3) is 3.49. The zero-order valence-electron chi connectivity index (χ0n) is 16.7. The largest absolute Gasteiger partial charge is 0.399 e. The van der Waals surface area contributed by atoms with Gasteiger partial charge in [0.25, 0.3) is 5.56 Å². The summed E-state index contributed by atoms with van der Waals surface area (Å²) in [7, 11) is 0. The van der Waals surface area contributed by atoms with Gasteiger partial charge in [0.1, 0.15) is 5.82 Å². The Balaban J connectivity index is 1.55. The molecule has 0 aliphatic carbocycles. The SMILES string of the molecule is CCc1nc2ccc(N)cc2c(=O)n1CC1CCN(c2ccccc2C)CC1. The van der Waals surface area contributed by atoms with E-state index in [1.54, 1.807) is 12.1 Å². The molecule has 1 aliphatic heterocycles. The van der Waals surface area contributed by atoms with Crippen LogP contribution in [0.15, 0.2) is 47.3 Å². The van der Waals surface area contributed by atoms with Gasteiger partial charge in [-0.05, 0) is 55.5 Å². The van der Waals surface area contributed by atoms with Crippen molar-refractivity contribution in [2.75, 3.05) is 23.7 Å². The number of para-hydroxylation sites is 1. The Kier molecular flexibility index (Phi) is 5.07. The summed E-state index contributed by atoms with van der Waals surface area (Å²) in [5.41, 5.74) is 9.93. The number of fused-ring (bicyclic) bond motifs is 1. The van der Waals surface area contributed by atoms with Gasteiger partial charge in [-0.1, -0.05) is 25.1 Å². The highest BCUT2D eigenvalue weighted by Crippen LogP contribution is 2.27. The Labute approximate surface area is 165 Å². The average Bonchev–Trinajstić information content (AvgIpc) is 2.71. The maximum atomic E-state index is 13.1. The Morgan fingerprint density at radius 1 is 1.14 bits per heavy atom. The molecule has 5 heteroatoms. The molecular weight excluding hydrogens is 348 g/mol. The summed E-state index contributed by atoms with van der Waals surface area (Å²) in [6.45, 7) is 7.02. The Bertz CT molecular complexity index is 1050. The number of benzene rings is 2. The number of aromatic nitrogens is 2. The van der Waals surface area contributed by atoms with Crippen molar-refractivity contribution in [1.29, 1.82) is 0 Å². The molecular formula is C23H28N4O. The molecule has 0 radical (unpaired) electrons. The predicted octanol–water partition coefficient (Wildman–Crippen LogP) is 3.77. The van der Waals surface area contributed by atoms with E-state index in [-0.39, 0.29) is 5.56 Å². The molecule has 0 bridgehead atoms. The number of piperidine rings is 1. The highest BCUT2D eigenvalue weighted by atomic mass is 16.1. The topological polar surface area (TPSA) is 64.1 Å². The van der Waals surface area contributed by atoms with Gasteiger partial charge in [0.05, 0.1) is 10.9 Å².